The lowest BCUT2D eigenvalue weighted by Gasteiger charge is -2.23. The average Bonchev–Trinajstić information content (AvgIpc) is 3.26. The van der Waals surface area contributed by atoms with Crippen LogP contribution in [0, 0.1) is 11.8 Å². The predicted molar refractivity (Wildman–Crippen MR) is 79.5 cm³/mol. The number of carboxylic acids is 1. The van der Waals surface area contributed by atoms with Crippen LogP contribution in [-0.4, -0.2) is 32.6 Å². The summed E-state index contributed by atoms with van der Waals surface area (Å²) in [5.41, 5.74) is -0.00396. The zero-order chi connectivity index (χ0) is 15.9. The molecule has 1 aromatic carbocycles. The Morgan fingerprint density at radius 3 is 2.82 bits per heavy atom. The SMILES string of the molecule is COc1cc(C(=O)O)ccc1S(=O)(=O)NC1CCC[C@@H]2C[C@H]12. The molecule has 2 N–H and O–H groups in total. The van der Waals surface area contributed by atoms with Crippen molar-refractivity contribution in [2.45, 2.75) is 36.6 Å². The number of rotatable bonds is 5. The zero-order valence-electron chi connectivity index (χ0n) is 12.3. The first-order chi connectivity index (χ1) is 10.4. The van der Waals surface area contributed by atoms with Crippen molar-refractivity contribution in [1.29, 1.82) is 0 Å². The minimum atomic E-state index is -3.72. The number of hydrogen-bond donors (Lipinski definition) is 2. The molecule has 0 saturated heterocycles. The molecule has 120 valence electrons. The van der Waals surface area contributed by atoms with E-state index in [9.17, 15) is 13.2 Å². The second-order valence-corrected chi connectivity index (χ2v) is 7.67. The standard InChI is InChI=1S/C15H19NO5S/c1-21-13-8-10(15(17)18)5-6-14(13)22(19,20)16-12-4-2-3-9-7-11(9)12/h5-6,8-9,11-12,16H,2-4,7H2,1H3,(H,17,18)/t9-,11+,12?/m1/s1. The molecular weight excluding hydrogens is 306 g/mol. The number of ether oxygens (including phenoxy) is 1. The minimum absolute atomic E-state index is 0.00396. The molecule has 0 spiro atoms. The molecule has 2 aliphatic carbocycles. The molecule has 2 saturated carbocycles. The van der Waals surface area contributed by atoms with E-state index in [-0.39, 0.29) is 22.3 Å². The van der Waals surface area contributed by atoms with E-state index in [1.165, 1.54) is 31.7 Å². The Morgan fingerprint density at radius 1 is 1.36 bits per heavy atom. The molecule has 2 aliphatic rings. The third kappa shape index (κ3) is 2.83. The van der Waals surface area contributed by atoms with E-state index in [0.29, 0.717) is 11.8 Å². The summed E-state index contributed by atoms with van der Waals surface area (Å²) in [7, 11) is -2.39. The van der Waals surface area contributed by atoms with Gasteiger partial charge in [0.15, 0.2) is 0 Å². The molecule has 0 bridgehead atoms. The summed E-state index contributed by atoms with van der Waals surface area (Å²) in [5.74, 6) is 0.0458. The molecule has 0 aromatic heterocycles. The van der Waals surface area contributed by atoms with Crippen molar-refractivity contribution < 1.29 is 23.1 Å². The normalized spacial score (nSPS) is 27.0. The van der Waals surface area contributed by atoms with Crippen LogP contribution in [0.3, 0.4) is 0 Å². The van der Waals surface area contributed by atoms with E-state index in [1.807, 2.05) is 0 Å². The summed E-state index contributed by atoms with van der Waals surface area (Å²) < 4.78 is 33.0. The second-order valence-electron chi connectivity index (χ2n) is 5.99. The van der Waals surface area contributed by atoms with Crippen molar-refractivity contribution in [3.05, 3.63) is 23.8 Å². The maximum atomic E-state index is 12.6. The van der Waals surface area contributed by atoms with Crippen LogP contribution in [0.15, 0.2) is 23.1 Å². The Hall–Kier alpha value is -1.60. The van der Waals surface area contributed by atoms with Crippen LogP contribution >= 0.6 is 0 Å². The number of sulfonamides is 1. The molecule has 0 amide bonds. The van der Waals surface area contributed by atoms with Gasteiger partial charge in [0.2, 0.25) is 10.0 Å². The highest BCUT2D eigenvalue weighted by molar-refractivity contribution is 7.89. The van der Waals surface area contributed by atoms with Gasteiger partial charge in [-0.05, 0) is 42.9 Å². The minimum Gasteiger partial charge on any atom is -0.495 e. The number of methoxy groups -OCH3 is 1. The smallest absolute Gasteiger partial charge is 0.335 e. The first-order valence-corrected chi connectivity index (χ1v) is 8.84. The van der Waals surface area contributed by atoms with E-state index in [2.05, 4.69) is 4.72 Å². The maximum Gasteiger partial charge on any atom is 0.335 e. The topological polar surface area (TPSA) is 92.7 Å². The van der Waals surface area contributed by atoms with Crippen molar-refractivity contribution in [1.82, 2.24) is 4.72 Å². The first-order valence-electron chi connectivity index (χ1n) is 7.36. The van der Waals surface area contributed by atoms with Gasteiger partial charge in [0.25, 0.3) is 0 Å². The number of aromatic carboxylic acids is 1. The van der Waals surface area contributed by atoms with E-state index < -0.39 is 16.0 Å². The van der Waals surface area contributed by atoms with Gasteiger partial charge >= 0.3 is 5.97 Å². The Labute approximate surface area is 129 Å². The molecule has 3 rings (SSSR count). The molecule has 0 aliphatic heterocycles. The fourth-order valence-electron chi connectivity index (χ4n) is 3.34. The number of hydrogen-bond acceptors (Lipinski definition) is 4. The second kappa shape index (κ2) is 5.55. The number of fused-ring (bicyclic) bond motifs is 1. The van der Waals surface area contributed by atoms with Gasteiger partial charge in [-0.1, -0.05) is 12.8 Å². The number of nitrogens with one attached hydrogen (secondary N) is 1. The van der Waals surface area contributed by atoms with Crippen molar-refractivity contribution >= 4 is 16.0 Å². The van der Waals surface area contributed by atoms with Gasteiger partial charge in [0.1, 0.15) is 10.6 Å². The van der Waals surface area contributed by atoms with E-state index in [4.69, 9.17) is 9.84 Å². The van der Waals surface area contributed by atoms with Crippen LogP contribution in [0.5, 0.6) is 5.75 Å². The number of benzene rings is 1. The third-order valence-electron chi connectivity index (χ3n) is 4.59. The lowest BCUT2D eigenvalue weighted by molar-refractivity contribution is 0.0696. The van der Waals surface area contributed by atoms with Gasteiger partial charge < -0.3 is 9.84 Å². The van der Waals surface area contributed by atoms with Crippen LogP contribution < -0.4 is 9.46 Å². The van der Waals surface area contributed by atoms with Crippen LogP contribution in [-0.2, 0) is 10.0 Å². The van der Waals surface area contributed by atoms with Gasteiger partial charge in [-0.15, -0.1) is 0 Å². The van der Waals surface area contributed by atoms with Crippen LogP contribution in [0.2, 0.25) is 0 Å². The lowest BCUT2D eigenvalue weighted by atomic mass is 9.96. The quantitative estimate of drug-likeness (QED) is 0.862. The summed E-state index contributed by atoms with van der Waals surface area (Å²) in [5, 5.41) is 8.98. The van der Waals surface area contributed by atoms with Crippen LogP contribution in [0.25, 0.3) is 0 Å². The molecule has 1 aromatic rings. The van der Waals surface area contributed by atoms with Crippen LogP contribution in [0.4, 0.5) is 0 Å². The highest BCUT2D eigenvalue weighted by Crippen LogP contribution is 2.49. The number of carboxylic acid groups (broad SMARTS) is 1. The highest BCUT2D eigenvalue weighted by atomic mass is 32.2. The van der Waals surface area contributed by atoms with Gasteiger partial charge in [0.05, 0.1) is 12.7 Å². The third-order valence-corrected chi connectivity index (χ3v) is 6.12. The maximum absolute atomic E-state index is 12.6. The molecule has 0 heterocycles. The highest BCUT2D eigenvalue weighted by Gasteiger charge is 2.46. The largest absolute Gasteiger partial charge is 0.495 e. The molecule has 7 heteroatoms. The summed E-state index contributed by atoms with van der Waals surface area (Å²) in [6.45, 7) is 0. The van der Waals surface area contributed by atoms with Crippen LogP contribution in [0.1, 0.15) is 36.0 Å². The van der Waals surface area contributed by atoms with Crippen molar-refractivity contribution in [3.63, 3.8) is 0 Å². The molecule has 1 unspecified atom stereocenters. The van der Waals surface area contributed by atoms with Gasteiger partial charge in [0, 0.05) is 6.04 Å². The predicted octanol–water partition coefficient (Wildman–Crippen LogP) is 1.86. The molecule has 2 fully saturated rings. The van der Waals surface area contributed by atoms with Gasteiger partial charge in [-0.25, -0.2) is 17.9 Å². The molecule has 3 atom stereocenters. The molecular formula is C15H19NO5S. The fraction of sp³-hybridized carbons (Fsp3) is 0.533. The fourth-order valence-corrected chi connectivity index (χ4v) is 4.81. The average molecular weight is 325 g/mol. The summed E-state index contributed by atoms with van der Waals surface area (Å²) in [6, 6.07) is 3.78. The van der Waals surface area contributed by atoms with Crippen molar-refractivity contribution in [3.8, 4) is 5.75 Å². The Morgan fingerprint density at radius 2 is 2.14 bits per heavy atom. The monoisotopic (exact) mass is 325 g/mol. The molecule has 22 heavy (non-hydrogen) atoms. The Bertz CT molecular complexity index is 700. The lowest BCUT2D eigenvalue weighted by Crippen LogP contribution is -2.38. The number of carbonyl (C=O) groups is 1. The van der Waals surface area contributed by atoms with Crippen molar-refractivity contribution in [2.24, 2.45) is 11.8 Å². The summed E-state index contributed by atoms with van der Waals surface area (Å²) in [4.78, 5) is 11.0. The van der Waals surface area contributed by atoms with Gasteiger partial charge in [-0.2, -0.15) is 0 Å². The van der Waals surface area contributed by atoms with E-state index >= 15 is 0 Å². The Balaban J connectivity index is 1.86. The molecule has 0 radical (unpaired) electrons. The van der Waals surface area contributed by atoms with E-state index in [0.717, 1.165) is 19.3 Å². The van der Waals surface area contributed by atoms with E-state index in [1.54, 1.807) is 0 Å². The van der Waals surface area contributed by atoms with Gasteiger partial charge in [-0.3, -0.25) is 0 Å². The summed E-state index contributed by atoms with van der Waals surface area (Å²) >= 11 is 0. The Kier molecular flexibility index (Phi) is 3.86. The zero-order valence-corrected chi connectivity index (χ0v) is 13.1. The summed E-state index contributed by atoms with van der Waals surface area (Å²) in [6.07, 6.45) is 4.20. The first kappa shape index (κ1) is 15.3. The van der Waals surface area contributed by atoms with Crippen molar-refractivity contribution in [2.75, 3.05) is 7.11 Å². The molecule has 6 nitrogen and oxygen atoms in total.